The van der Waals surface area contributed by atoms with Crippen LogP contribution in [-0.2, 0) is 9.59 Å². The Morgan fingerprint density at radius 1 is 1.43 bits per heavy atom. The summed E-state index contributed by atoms with van der Waals surface area (Å²) >= 11 is 5.76. The smallest absolute Gasteiger partial charge is 0.311 e. The Bertz CT molecular complexity index is 531. The summed E-state index contributed by atoms with van der Waals surface area (Å²) in [7, 11) is 0. The summed E-state index contributed by atoms with van der Waals surface area (Å²) < 4.78 is 5.34. The van der Waals surface area contributed by atoms with Gasteiger partial charge in [-0.15, -0.1) is 0 Å². The summed E-state index contributed by atoms with van der Waals surface area (Å²) in [5, 5.41) is 12.6. The minimum absolute atomic E-state index is 0.145. The zero-order chi connectivity index (χ0) is 15.5. The molecule has 1 amide bonds. The van der Waals surface area contributed by atoms with Gasteiger partial charge in [0, 0.05) is 11.1 Å². The number of hydrogen-bond donors (Lipinski definition) is 2. The number of carbonyl (C=O) groups excluding carboxylic acids is 1. The highest BCUT2D eigenvalue weighted by Gasteiger charge is 2.45. The fourth-order valence-corrected chi connectivity index (χ4v) is 2.70. The van der Waals surface area contributed by atoms with Gasteiger partial charge in [-0.25, -0.2) is 0 Å². The van der Waals surface area contributed by atoms with E-state index in [1.807, 2.05) is 0 Å². The molecule has 0 aliphatic heterocycles. The van der Waals surface area contributed by atoms with E-state index in [1.165, 1.54) is 0 Å². The van der Waals surface area contributed by atoms with Crippen molar-refractivity contribution >= 4 is 23.5 Å². The maximum atomic E-state index is 11.9. The third-order valence-electron chi connectivity index (χ3n) is 3.97. The summed E-state index contributed by atoms with van der Waals surface area (Å²) in [4.78, 5) is 23.2. The molecule has 5 nitrogen and oxygen atoms in total. The number of nitrogens with one attached hydrogen (secondary N) is 1. The number of hydrogen-bond acceptors (Lipinski definition) is 3. The largest absolute Gasteiger partial charge is 0.484 e. The van der Waals surface area contributed by atoms with Crippen molar-refractivity contribution in [3.63, 3.8) is 0 Å². The Labute approximate surface area is 128 Å². The van der Waals surface area contributed by atoms with E-state index >= 15 is 0 Å². The van der Waals surface area contributed by atoms with Gasteiger partial charge in [0.15, 0.2) is 6.61 Å². The van der Waals surface area contributed by atoms with E-state index < -0.39 is 11.4 Å². The van der Waals surface area contributed by atoms with E-state index in [4.69, 9.17) is 16.3 Å². The van der Waals surface area contributed by atoms with Crippen LogP contribution in [0.1, 0.15) is 26.2 Å². The van der Waals surface area contributed by atoms with Crippen LogP contribution in [0.15, 0.2) is 24.3 Å². The van der Waals surface area contributed by atoms with Gasteiger partial charge in [-0.3, -0.25) is 9.59 Å². The first-order valence-corrected chi connectivity index (χ1v) is 7.21. The molecule has 2 atom stereocenters. The lowest BCUT2D eigenvalue weighted by atomic mass is 9.85. The number of carbonyl (C=O) groups is 2. The second kappa shape index (κ2) is 6.35. The van der Waals surface area contributed by atoms with Crippen molar-refractivity contribution in [3.05, 3.63) is 29.3 Å². The highest BCUT2D eigenvalue weighted by atomic mass is 35.5. The van der Waals surface area contributed by atoms with Crippen LogP contribution in [0.25, 0.3) is 0 Å². The molecule has 1 fully saturated rings. The number of ether oxygens (including phenoxy) is 1. The van der Waals surface area contributed by atoms with Crippen molar-refractivity contribution in [1.82, 2.24) is 5.32 Å². The summed E-state index contributed by atoms with van der Waals surface area (Å²) in [6.07, 6.45) is 2.05. The fraction of sp³-hybridized carbons (Fsp3) is 0.467. The van der Waals surface area contributed by atoms with Crippen LogP contribution >= 0.6 is 11.6 Å². The van der Waals surface area contributed by atoms with Crippen LogP contribution in [0.3, 0.4) is 0 Å². The first-order valence-electron chi connectivity index (χ1n) is 6.83. The van der Waals surface area contributed by atoms with Crippen LogP contribution in [0.4, 0.5) is 0 Å². The average molecular weight is 312 g/mol. The molecular weight excluding hydrogens is 294 g/mol. The highest BCUT2D eigenvalue weighted by molar-refractivity contribution is 6.30. The molecule has 0 aromatic heterocycles. The molecule has 0 radical (unpaired) electrons. The third-order valence-corrected chi connectivity index (χ3v) is 4.22. The Morgan fingerprint density at radius 2 is 2.10 bits per heavy atom. The van der Waals surface area contributed by atoms with E-state index in [2.05, 4.69) is 5.32 Å². The summed E-state index contributed by atoms with van der Waals surface area (Å²) in [6, 6.07) is 6.34. The van der Waals surface area contributed by atoms with Gasteiger partial charge in [-0.1, -0.05) is 18.0 Å². The lowest BCUT2D eigenvalue weighted by Crippen LogP contribution is -2.48. The zero-order valence-electron chi connectivity index (χ0n) is 11.8. The SMILES string of the molecule is CC1(C(=O)O)CCCC1NC(=O)COc1ccc(Cl)cc1. The van der Waals surface area contributed by atoms with E-state index in [-0.39, 0.29) is 18.6 Å². The second-order valence-corrected chi connectivity index (χ2v) is 5.91. The van der Waals surface area contributed by atoms with Crippen molar-refractivity contribution in [2.75, 3.05) is 6.61 Å². The molecular formula is C15H18ClNO4. The number of amides is 1. The molecule has 0 heterocycles. The monoisotopic (exact) mass is 311 g/mol. The molecule has 2 N–H and O–H groups in total. The predicted molar refractivity (Wildman–Crippen MR) is 78.5 cm³/mol. The van der Waals surface area contributed by atoms with Crippen LogP contribution in [0, 0.1) is 5.41 Å². The Kier molecular flexibility index (Phi) is 4.73. The number of carboxylic acids is 1. The zero-order valence-corrected chi connectivity index (χ0v) is 12.5. The molecule has 1 aliphatic carbocycles. The molecule has 0 bridgehead atoms. The first-order chi connectivity index (χ1) is 9.91. The Hall–Kier alpha value is -1.75. The minimum atomic E-state index is -0.893. The van der Waals surface area contributed by atoms with Crippen LogP contribution in [0.2, 0.25) is 5.02 Å². The molecule has 1 aromatic rings. The number of rotatable bonds is 5. The summed E-state index contributed by atoms with van der Waals surface area (Å²) in [5.41, 5.74) is -0.893. The molecule has 2 unspecified atom stereocenters. The van der Waals surface area contributed by atoms with E-state index in [1.54, 1.807) is 31.2 Å². The molecule has 1 aliphatic rings. The third kappa shape index (κ3) is 3.67. The number of aliphatic carboxylic acids is 1. The molecule has 0 saturated heterocycles. The molecule has 1 aromatic carbocycles. The van der Waals surface area contributed by atoms with Gasteiger partial charge in [-0.2, -0.15) is 0 Å². The van der Waals surface area contributed by atoms with E-state index in [9.17, 15) is 14.7 Å². The maximum absolute atomic E-state index is 11.9. The molecule has 0 spiro atoms. The lowest BCUT2D eigenvalue weighted by molar-refractivity contribution is -0.149. The highest BCUT2D eigenvalue weighted by Crippen LogP contribution is 2.38. The van der Waals surface area contributed by atoms with Crippen molar-refractivity contribution in [2.24, 2.45) is 5.41 Å². The quantitative estimate of drug-likeness (QED) is 0.876. The topological polar surface area (TPSA) is 75.6 Å². The van der Waals surface area contributed by atoms with Crippen molar-refractivity contribution < 1.29 is 19.4 Å². The number of carboxylic acid groups (broad SMARTS) is 1. The number of benzene rings is 1. The van der Waals surface area contributed by atoms with Gasteiger partial charge in [0.2, 0.25) is 0 Å². The number of halogens is 1. The average Bonchev–Trinajstić information content (AvgIpc) is 2.81. The molecule has 6 heteroatoms. The Morgan fingerprint density at radius 3 is 2.71 bits per heavy atom. The second-order valence-electron chi connectivity index (χ2n) is 5.48. The van der Waals surface area contributed by atoms with Crippen molar-refractivity contribution in [3.8, 4) is 5.75 Å². The van der Waals surface area contributed by atoms with Crippen molar-refractivity contribution in [2.45, 2.75) is 32.2 Å². The van der Waals surface area contributed by atoms with Gasteiger partial charge in [-0.05, 0) is 44.0 Å². The normalized spacial score (nSPS) is 24.6. The minimum Gasteiger partial charge on any atom is -0.484 e. The lowest BCUT2D eigenvalue weighted by Gasteiger charge is -2.27. The molecule has 21 heavy (non-hydrogen) atoms. The first kappa shape index (κ1) is 15.6. The predicted octanol–water partition coefficient (Wildman–Crippen LogP) is 2.48. The van der Waals surface area contributed by atoms with Gasteiger partial charge < -0.3 is 15.2 Å². The molecule has 1 saturated carbocycles. The van der Waals surface area contributed by atoms with E-state index in [0.717, 1.165) is 6.42 Å². The van der Waals surface area contributed by atoms with Crippen LogP contribution in [0.5, 0.6) is 5.75 Å². The van der Waals surface area contributed by atoms with Gasteiger partial charge in [0.25, 0.3) is 5.91 Å². The molecule has 2 rings (SSSR count). The van der Waals surface area contributed by atoms with E-state index in [0.29, 0.717) is 23.6 Å². The standard InChI is InChI=1S/C15H18ClNO4/c1-15(14(19)20)8-2-3-12(15)17-13(18)9-21-11-6-4-10(16)5-7-11/h4-7,12H,2-3,8-9H2,1H3,(H,17,18)(H,19,20). The van der Waals surface area contributed by atoms with Crippen LogP contribution in [-0.4, -0.2) is 29.6 Å². The maximum Gasteiger partial charge on any atom is 0.311 e. The fourth-order valence-electron chi connectivity index (χ4n) is 2.57. The van der Waals surface area contributed by atoms with Crippen molar-refractivity contribution in [1.29, 1.82) is 0 Å². The van der Waals surface area contributed by atoms with Crippen LogP contribution < -0.4 is 10.1 Å². The van der Waals surface area contributed by atoms with Gasteiger partial charge in [0.05, 0.1) is 5.41 Å². The summed E-state index contributed by atoms with van der Waals surface area (Å²) in [5.74, 6) is -0.643. The Balaban J connectivity index is 1.87. The van der Waals surface area contributed by atoms with Gasteiger partial charge in [0.1, 0.15) is 5.75 Å². The molecule has 114 valence electrons. The van der Waals surface area contributed by atoms with Gasteiger partial charge >= 0.3 is 5.97 Å². The summed E-state index contributed by atoms with van der Waals surface area (Å²) in [6.45, 7) is 1.53.